The van der Waals surface area contributed by atoms with Gasteiger partial charge < -0.3 is 15.3 Å². The first-order valence-electron chi connectivity index (χ1n) is 4.90. The predicted octanol–water partition coefficient (Wildman–Crippen LogP) is 1.00. The summed E-state index contributed by atoms with van der Waals surface area (Å²) < 4.78 is 0. The summed E-state index contributed by atoms with van der Waals surface area (Å²) in [6.07, 6.45) is 5.71. The molecule has 14 heavy (non-hydrogen) atoms. The van der Waals surface area contributed by atoms with Crippen LogP contribution in [-0.4, -0.2) is 33.6 Å². The lowest BCUT2D eigenvalue weighted by atomic mass is 10.0. The molecule has 0 rings (SSSR count). The van der Waals surface area contributed by atoms with E-state index in [2.05, 4.69) is 0 Å². The van der Waals surface area contributed by atoms with Gasteiger partial charge in [0.2, 0.25) is 0 Å². The lowest BCUT2D eigenvalue weighted by Crippen LogP contribution is -2.28. The second-order valence-corrected chi connectivity index (χ2v) is 3.41. The van der Waals surface area contributed by atoms with Crippen molar-refractivity contribution in [3.05, 3.63) is 24.3 Å². The van der Waals surface area contributed by atoms with Crippen molar-refractivity contribution >= 4 is 0 Å². The molecule has 0 fully saturated rings. The normalized spacial score (nSPS) is 18.9. The van der Waals surface area contributed by atoms with E-state index >= 15 is 0 Å². The number of hydrogen-bond acceptors (Lipinski definition) is 3. The highest BCUT2D eigenvalue weighted by Gasteiger charge is 2.16. The summed E-state index contributed by atoms with van der Waals surface area (Å²) >= 11 is 0. The van der Waals surface area contributed by atoms with Gasteiger partial charge in [-0.05, 0) is 20.3 Å². The molecule has 0 aromatic carbocycles. The minimum absolute atomic E-state index is 0.207. The molecule has 3 N–H and O–H groups in total. The van der Waals surface area contributed by atoms with Gasteiger partial charge in [0.05, 0.1) is 18.3 Å². The second-order valence-electron chi connectivity index (χ2n) is 3.41. The first-order valence-corrected chi connectivity index (χ1v) is 4.90. The van der Waals surface area contributed by atoms with E-state index in [0.29, 0.717) is 6.42 Å². The van der Waals surface area contributed by atoms with Crippen LogP contribution in [0.2, 0.25) is 0 Å². The van der Waals surface area contributed by atoms with Crippen LogP contribution in [0.3, 0.4) is 0 Å². The maximum absolute atomic E-state index is 9.43. The molecule has 0 spiro atoms. The highest BCUT2D eigenvalue weighted by Crippen LogP contribution is 2.06. The van der Waals surface area contributed by atoms with Crippen LogP contribution in [-0.2, 0) is 0 Å². The first kappa shape index (κ1) is 13.4. The Labute approximate surface area is 85.4 Å². The van der Waals surface area contributed by atoms with Crippen LogP contribution in [0.5, 0.6) is 0 Å². The molecule has 0 heterocycles. The van der Waals surface area contributed by atoms with Gasteiger partial charge in [-0.2, -0.15) is 0 Å². The van der Waals surface area contributed by atoms with E-state index in [1.807, 2.05) is 25.2 Å². The second kappa shape index (κ2) is 7.74. The van der Waals surface area contributed by atoms with Gasteiger partial charge in [0.1, 0.15) is 0 Å². The van der Waals surface area contributed by atoms with Gasteiger partial charge in [0.25, 0.3) is 0 Å². The van der Waals surface area contributed by atoms with Gasteiger partial charge in [-0.15, -0.1) is 0 Å². The third-order valence-electron chi connectivity index (χ3n) is 1.84. The van der Waals surface area contributed by atoms with Crippen molar-refractivity contribution in [2.45, 2.75) is 45.0 Å². The van der Waals surface area contributed by atoms with Crippen molar-refractivity contribution < 1.29 is 15.3 Å². The average molecular weight is 200 g/mol. The van der Waals surface area contributed by atoms with Crippen LogP contribution in [0.15, 0.2) is 24.3 Å². The Morgan fingerprint density at radius 3 is 2.21 bits per heavy atom. The average Bonchev–Trinajstić information content (AvgIpc) is 2.11. The fraction of sp³-hybridized carbons (Fsp3) is 0.636. The molecule has 0 aromatic heterocycles. The summed E-state index contributed by atoms with van der Waals surface area (Å²) in [5, 5.41) is 27.8. The van der Waals surface area contributed by atoms with E-state index < -0.39 is 18.3 Å². The Balaban J connectivity index is 3.77. The number of allylic oxidation sites excluding steroid dienone is 3. The molecule has 0 amide bonds. The zero-order valence-corrected chi connectivity index (χ0v) is 8.80. The molecular weight excluding hydrogens is 180 g/mol. The molecule has 0 aliphatic carbocycles. The minimum Gasteiger partial charge on any atom is -0.393 e. The summed E-state index contributed by atoms with van der Waals surface area (Å²) in [7, 11) is 0. The molecule has 3 heteroatoms. The first-order chi connectivity index (χ1) is 6.57. The molecule has 0 aliphatic rings. The van der Waals surface area contributed by atoms with E-state index in [0.717, 1.165) is 0 Å². The summed E-state index contributed by atoms with van der Waals surface area (Å²) in [4.78, 5) is 0. The van der Waals surface area contributed by atoms with E-state index in [9.17, 15) is 10.2 Å². The van der Waals surface area contributed by atoms with Gasteiger partial charge >= 0.3 is 0 Å². The Morgan fingerprint density at radius 1 is 1.07 bits per heavy atom. The van der Waals surface area contributed by atoms with Crippen LogP contribution in [0.25, 0.3) is 0 Å². The fourth-order valence-corrected chi connectivity index (χ4v) is 1.07. The lowest BCUT2D eigenvalue weighted by molar-refractivity contribution is -0.00676. The Kier molecular flexibility index (Phi) is 7.38. The largest absolute Gasteiger partial charge is 0.393 e. The monoisotopic (exact) mass is 200 g/mol. The van der Waals surface area contributed by atoms with E-state index in [1.54, 1.807) is 13.0 Å². The van der Waals surface area contributed by atoms with E-state index in [-0.39, 0.29) is 6.42 Å². The fourth-order valence-electron chi connectivity index (χ4n) is 1.07. The van der Waals surface area contributed by atoms with Crippen molar-refractivity contribution in [1.29, 1.82) is 0 Å². The molecule has 0 aromatic rings. The molecule has 0 radical (unpaired) electrons. The molecule has 0 aliphatic heterocycles. The van der Waals surface area contributed by atoms with Gasteiger partial charge in [-0.1, -0.05) is 24.3 Å². The molecule has 3 nitrogen and oxygen atoms in total. The number of aliphatic hydroxyl groups is 3. The molecule has 3 atom stereocenters. The number of aliphatic hydroxyl groups excluding tert-OH is 3. The van der Waals surface area contributed by atoms with Crippen LogP contribution in [0, 0.1) is 0 Å². The standard InChI is InChI=1S/C11H20O3/c1-3-4-5-6-7-10(13)11(14)8-9(2)12/h3-6,9-14H,7-8H2,1-2H3. The zero-order valence-electron chi connectivity index (χ0n) is 8.80. The summed E-state index contributed by atoms with van der Waals surface area (Å²) in [6, 6.07) is 0. The number of hydrogen-bond donors (Lipinski definition) is 3. The highest BCUT2D eigenvalue weighted by atomic mass is 16.3. The van der Waals surface area contributed by atoms with Crippen LogP contribution in [0.1, 0.15) is 26.7 Å². The van der Waals surface area contributed by atoms with E-state index in [4.69, 9.17) is 5.11 Å². The summed E-state index contributed by atoms with van der Waals surface area (Å²) in [6.45, 7) is 3.49. The zero-order chi connectivity index (χ0) is 11.0. The Morgan fingerprint density at radius 2 is 1.71 bits per heavy atom. The van der Waals surface area contributed by atoms with Crippen molar-refractivity contribution in [2.24, 2.45) is 0 Å². The maximum Gasteiger partial charge on any atom is 0.0834 e. The van der Waals surface area contributed by atoms with Gasteiger partial charge in [-0.3, -0.25) is 0 Å². The SMILES string of the molecule is CC=CC=CCC(O)C(O)CC(C)O. The molecule has 0 bridgehead atoms. The Hall–Kier alpha value is -0.640. The third kappa shape index (κ3) is 6.83. The highest BCUT2D eigenvalue weighted by molar-refractivity contribution is 5.01. The minimum atomic E-state index is -0.856. The quantitative estimate of drug-likeness (QED) is 0.561. The van der Waals surface area contributed by atoms with Crippen LogP contribution < -0.4 is 0 Å². The molecular formula is C11H20O3. The number of rotatable bonds is 6. The molecule has 3 unspecified atom stereocenters. The Bertz CT molecular complexity index is 185. The maximum atomic E-state index is 9.43. The predicted molar refractivity (Wildman–Crippen MR) is 56.9 cm³/mol. The van der Waals surface area contributed by atoms with Crippen molar-refractivity contribution in [3.63, 3.8) is 0 Å². The van der Waals surface area contributed by atoms with Crippen molar-refractivity contribution in [1.82, 2.24) is 0 Å². The molecule has 0 saturated heterocycles. The topological polar surface area (TPSA) is 60.7 Å². The van der Waals surface area contributed by atoms with Gasteiger partial charge in [0.15, 0.2) is 0 Å². The van der Waals surface area contributed by atoms with Crippen LogP contribution >= 0.6 is 0 Å². The summed E-state index contributed by atoms with van der Waals surface area (Å²) in [5.74, 6) is 0. The van der Waals surface area contributed by atoms with Gasteiger partial charge in [0, 0.05) is 6.42 Å². The lowest BCUT2D eigenvalue weighted by Gasteiger charge is -2.17. The van der Waals surface area contributed by atoms with Gasteiger partial charge in [-0.25, -0.2) is 0 Å². The smallest absolute Gasteiger partial charge is 0.0834 e. The third-order valence-corrected chi connectivity index (χ3v) is 1.84. The van der Waals surface area contributed by atoms with Crippen LogP contribution in [0.4, 0.5) is 0 Å². The van der Waals surface area contributed by atoms with Crippen molar-refractivity contribution in [2.75, 3.05) is 0 Å². The summed E-state index contributed by atoms with van der Waals surface area (Å²) in [5.41, 5.74) is 0. The molecule has 82 valence electrons. The van der Waals surface area contributed by atoms with E-state index in [1.165, 1.54) is 0 Å². The van der Waals surface area contributed by atoms with Crippen molar-refractivity contribution in [3.8, 4) is 0 Å². The molecule has 0 saturated carbocycles.